The van der Waals surface area contributed by atoms with E-state index in [1.807, 2.05) is 18.7 Å². The van der Waals surface area contributed by atoms with E-state index in [1.54, 1.807) is 0 Å². The first-order valence-electron chi connectivity index (χ1n) is 6.42. The van der Waals surface area contributed by atoms with E-state index in [0.29, 0.717) is 5.92 Å². The molecule has 0 saturated carbocycles. The highest BCUT2D eigenvalue weighted by molar-refractivity contribution is 6.21. The Hall–Kier alpha value is -0.540. The van der Waals surface area contributed by atoms with E-state index < -0.39 is 0 Å². The molecular weight excluding hydrogens is 234 g/mol. The largest absolute Gasteiger partial charge is 0.310 e. The summed E-state index contributed by atoms with van der Waals surface area (Å²) in [4.78, 5) is 0. The van der Waals surface area contributed by atoms with E-state index in [1.165, 1.54) is 5.69 Å². The summed E-state index contributed by atoms with van der Waals surface area (Å²) in [5.41, 5.74) is 2.27. The number of alkyl halides is 1. The predicted molar refractivity (Wildman–Crippen MR) is 73.4 cm³/mol. The number of aryl methyl sites for hydroxylation is 2. The van der Waals surface area contributed by atoms with Crippen molar-refractivity contribution in [1.29, 1.82) is 0 Å². The van der Waals surface area contributed by atoms with Crippen molar-refractivity contribution < 1.29 is 0 Å². The monoisotopic (exact) mass is 257 g/mol. The van der Waals surface area contributed by atoms with Crippen LogP contribution < -0.4 is 5.32 Å². The Bertz CT molecular complexity index is 331. The van der Waals surface area contributed by atoms with Gasteiger partial charge in [0, 0.05) is 25.5 Å². The number of hydrogen-bond acceptors (Lipinski definition) is 2. The minimum Gasteiger partial charge on any atom is -0.310 e. The van der Waals surface area contributed by atoms with Crippen molar-refractivity contribution in [2.75, 3.05) is 6.54 Å². The van der Waals surface area contributed by atoms with Crippen LogP contribution in [-0.2, 0) is 13.6 Å². The second-order valence-electron chi connectivity index (χ2n) is 4.62. The van der Waals surface area contributed by atoms with E-state index in [-0.39, 0.29) is 5.38 Å². The highest BCUT2D eigenvalue weighted by Gasteiger charge is 2.15. The van der Waals surface area contributed by atoms with Crippen LogP contribution in [0, 0.1) is 12.8 Å². The van der Waals surface area contributed by atoms with Crippen molar-refractivity contribution in [3.8, 4) is 0 Å². The van der Waals surface area contributed by atoms with Crippen LogP contribution in [0.3, 0.4) is 0 Å². The third kappa shape index (κ3) is 4.32. The van der Waals surface area contributed by atoms with Gasteiger partial charge in [0.1, 0.15) is 0 Å². The first kappa shape index (κ1) is 14.5. The van der Waals surface area contributed by atoms with Gasteiger partial charge in [-0.05, 0) is 18.9 Å². The minimum absolute atomic E-state index is 0.222. The molecule has 0 saturated heterocycles. The van der Waals surface area contributed by atoms with Crippen molar-refractivity contribution >= 4 is 11.6 Å². The number of rotatable bonds is 7. The molecule has 0 fully saturated rings. The summed E-state index contributed by atoms with van der Waals surface area (Å²) in [6.07, 6.45) is 2.30. The summed E-state index contributed by atoms with van der Waals surface area (Å²) < 4.78 is 1.92. The normalized spacial score (nSPS) is 13.3. The summed E-state index contributed by atoms with van der Waals surface area (Å²) in [6, 6.07) is 2.10. The molecular formula is C13H24ClN3. The Morgan fingerprint density at radius 1 is 1.41 bits per heavy atom. The second kappa shape index (κ2) is 7.02. The number of hydrogen-bond donors (Lipinski definition) is 1. The van der Waals surface area contributed by atoms with Crippen LogP contribution in [0.15, 0.2) is 6.07 Å². The van der Waals surface area contributed by atoms with Gasteiger partial charge >= 0.3 is 0 Å². The average Bonchev–Trinajstić information content (AvgIpc) is 2.59. The Kier molecular flexibility index (Phi) is 6.00. The highest BCUT2D eigenvalue weighted by Crippen LogP contribution is 2.17. The zero-order valence-corrected chi connectivity index (χ0v) is 12.1. The molecule has 3 nitrogen and oxygen atoms in total. The molecule has 1 heterocycles. The van der Waals surface area contributed by atoms with Gasteiger partial charge in [-0.3, -0.25) is 4.68 Å². The molecule has 0 aromatic carbocycles. The molecule has 1 atom stereocenters. The molecule has 1 aromatic rings. The lowest BCUT2D eigenvalue weighted by molar-refractivity contribution is 0.443. The van der Waals surface area contributed by atoms with Crippen LogP contribution in [0.1, 0.15) is 38.1 Å². The molecule has 1 aromatic heterocycles. The topological polar surface area (TPSA) is 29.9 Å². The van der Waals surface area contributed by atoms with Crippen molar-refractivity contribution in [1.82, 2.24) is 15.1 Å². The fraction of sp³-hybridized carbons (Fsp3) is 0.769. The van der Waals surface area contributed by atoms with E-state index in [9.17, 15) is 0 Å². The zero-order valence-electron chi connectivity index (χ0n) is 11.3. The van der Waals surface area contributed by atoms with Gasteiger partial charge in [-0.25, -0.2) is 0 Å². The van der Waals surface area contributed by atoms with E-state index in [0.717, 1.165) is 31.6 Å². The average molecular weight is 258 g/mol. The predicted octanol–water partition coefficient (Wildman–Crippen LogP) is 2.86. The maximum absolute atomic E-state index is 6.37. The van der Waals surface area contributed by atoms with Crippen molar-refractivity contribution in [3.63, 3.8) is 0 Å². The maximum Gasteiger partial charge on any atom is 0.0597 e. The van der Waals surface area contributed by atoms with Crippen LogP contribution in [0.5, 0.6) is 0 Å². The van der Waals surface area contributed by atoms with Gasteiger partial charge in [0.25, 0.3) is 0 Å². The summed E-state index contributed by atoms with van der Waals surface area (Å²) in [6.45, 7) is 8.11. The van der Waals surface area contributed by atoms with Crippen LogP contribution in [0.2, 0.25) is 0 Å². The summed E-state index contributed by atoms with van der Waals surface area (Å²) in [7, 11) is 1.98. The van der Waals surface area contributed by atoms with Gasteiger partial charge in [0.15, 0.2) is 0 Å². The van der Waals surface area contributed by atoms with Gasteiger partial charge in [0.2, 0.25) is 0 Å². The summed E-state index contributed by atoms with van der Waals surface area (Å²) in [5.74, 6) is 0.609. The molecule has 0 aliphatic carbocycles. The molecule has 4 heteroatoms. The molecule has 1 unspecified atom stereocenters. The van der Waals surface area contributed by atoms with Crippen LogP contribution >= 0.6 is 11.6 Å². The lowest BCUT2D eigenvalue weighted by Crippen LogP contribution is -2.28. The molecule has 1 rings (SSSR count). The summed E-state index contributed by atoms with van der Waals surface area (Å²) >= 11 is 6.37. The fourth-order valence-corrected chi connectivity index (χ4v) is 2.60. The molecule has 0 aliphatic rings. The quantitative estimate of drug-likeness (QED) is 0.762. The molecule has 1 N–H and O–H groups in total. The standard InChI is InChI=1S/C13H24ClN3/c1-5-11(6-2)13(14)9-15-8-12-7-10(3)16-17(12)4/h7,11,13,15H,5-6,8-9H2,1-4H3. The molecule has 0 aliphatic heterocycles. The van der Waals surface area contributed by atoms with E-state index in [4.69, 9.17) is 11.6 Å². The smallest absolute Gasteiger partial charge is 0.0597 e. The Morgan fingerprint density at radius 2 is 2.06 bits per heavy atom. The Balaban J connectivity index is 2.35. The molecule has 98 valence electrons. The maximum atomic E-state index is 6.37. The van der Waals surface area contributed by atoms with Crippen molar-refractivity contribution in [3.05, 3.63) is 17.5 Å². The number of aromatic nitrogens is 2. The molecule has 0 radical (unpaired) electrons. The van der Waals surface area contributed by atoms with Crippen molar-refractivity contribution in [2.45, 2.75) is 45.5 Å². The first-order chi connectivity index (χ1) is 8.08. The fourth-order valence-electron chi connectivity index (χ4n) is 2.13. The van der Waals surface area contributed by atoms with Crippen molar-refractivity contribution in [2.24, 2.45) is 13.0 Å². The van der Waals surface area contributed by atoms with Gasteiger partial charge in [0.05, 0.1) is 11.4 Å². The van der Waals surface area contributed by atoms with Gasteiger partial charge in [-0.15, -0.1) is 11.6 Å². The summed E-state index contributed by atoms with van der Waals surface area (Å²) in [5, 5.41) is 7.95. The SMILES string of the molecule is CCC(CC)C(Cl)CNCc1cc(C)nn1C. The lowest BCUT2D eigenvalue weighted by atomic mass is 9.99. The number of halogens is 1. The number of nitrogens with one attached hydrogen (secondary N) is 1. The first-order valence-corrected chi connectivity index (χ1v) is 6.86. The van der Waals surface area contributed by atoms with E-state index in [2.05, 4.69) is 30.3 Å². The molecule has 0 amide bonds. The van der Waals surface area contributed by atoms with Crippen LogP contribution in [-0.4, -0.2) is 21.7 Å². The lowest BCUT2D eigenvalue weighted by Gasteiger charge is -2.19. The second-order valence-corrected chi connectivity index (χ2v) is 5.18. The van der Waals surface area contributed by atoms with Gasteiger partial charge in [-0.1, -0.05) is 26.7 Å². The third-order valence-electron chi connectivity index (χ3n) is 3.30. The van der Waals surface area contributed by atoms with Gasteiger partial charge in [-0.2, -0.15) is 5.10 Å². The minimum atomic E-state index is 0.222. The third-order valence-corrected chi connectivity index (χ3v) is 3.82. The molecule has 17 heavy (non-hydrogen) atoms. The zero-order chi connectivity index (χ0) is 12.8. The molecule has 0 bridgehead atoms. The Labute approximate surface area is 110 Å². The number of nitrogens with zero attached hydrogens (tertiary/aromatic N) is 2. The van der Waals surface area contributed by atoms with Gasteiger partial charge < -0.3 is 5.32 Å². The molecule has 0 spiro atoms. The highest BCUT2D eigenvalue weighted by atomic mass is 35.5. The van der Waals surface area contributed by atoms with Crippen LogP contribution in [0.4, 0.5) is 0 Å². The van der Waals surface area contributed by atoms with Crippen LogP contribution in [0.25, 0.3) is 0 Å². The Morgan fingerprint density at radius 3 is 2.53 bits per heavy atom. The van der Waals surface area contributed by atoms with E-state index >= 15 is 0 Å².